The second-order valence-corrected chi connectivity index (χ2v) is 5.59. The number of carbonyl (C=O) groups is 2. The molecular weight excluding hydrogens is 324 g/mol. The summed E-state index contributed by atoms with van der Waals surface area (Å²) in [5.41, 5.74) is -1.15. The predicted octanol–water partition coefficient (Wildman–Crippen LogP) is 1.23. The van der Waals surface area contributed by atoms with E-state index in [0.717, 1.165) is 12.1 Å². The van der Waals surface area contributed by atoms with E-state index in [-0.39, 0.29) is 38.2 Å². The summed E-state index contributed by atoms with van der Waals surface area (Å²) in [7, 11) is 1.22. The van der Waals surface area contributed by atoms with Crippen molar-refractivity contribution in [1.82, 2.24) is 5.32 Å². The van der Waals surface area contributed by atoms with Crippen molar-refractivity contribution in [2.45, 2.75) is 24.4 Å². The number of aliphatic carboxylic acids is 1. The number of carboxylic acids is 1. The van der Waals surface area contributed by atoms with Crippen LogP contribution in [0.2, 0.25) is 0 Å². The zero-order valence-corrected chi connectivity index (χ0v) is 13.2. The zero-order chi connectivity index (χ0) is 17.7. The summed E-state index contributed by atoms with van der Waals surface area (Å²) in [4.78, 5) is 23.7. The first-order valence-corrected chi connectivity index (χ1v) is 7.48. The van der Waals surface area contributed by atoms with Crippen LogP contribution in [-0.2, 0) is 24.5 Å². The fraction of sp³-hybridized carbons (Fsp3) is 0.500. The van der Waals surface area contributed by atoms with Gasteiger partial charge in [0.1, 0.15) is 11.6 Å². The first-order valence-electron chi connectivity index (χ1n) is 7.48. The van der Waals surface area contributed by atoms with E-state index in [1.165, 1.54) is 13.2 Å². The molecule has 1 saturated heterocycles. The molecule has 2 rings (SSSR count). The third-order valence-electron chi connectivity index (χ3n) is 4.24. The summed E-state index contributed by atoms with van der Waals surface area (Å²) in [5, 5.41) is 11.5. The summed E-state index contributed by atoms with van der Waals surface area (Å²) in [6, 6.07) is 3.08. The highest BCUT2D eigenvalue weighted by Gasteiger charge is 2.43. The van der Waals surface area contributed by atoms with Crippen LogP contribution in [0.15, 0.2) is 18.2 Å². The summed E-state index contributed by atoms with van der Waals surface area (Å²) < 4.78 is 37.5. The Hall–Kier alpha value is -2.06. The van der Waals surface area contributed by atoms with Crippen LogP contribution in [0.25, 0.3) is 0 Å². The van der Waals surface area contributed by atoms with Crippen LogP contribution < -0.4 is 5.32 Å². The lowest BCUT2D eigenvalue weighted by molar-refractivity contribution is -0.148. The highest BCUT2D eigenvalue weighted by atomic mass is 19.1. The topological polar surface area (TPSA) is 84.9 Å². The molecule has 1 aliphatic rings. The number of halogens is 2. The Bertz CT molecular complexity index is 616. The average Bonchev–Trinajstić information content (AvgIpc) is 2.55. The molecule has 1 fully saturated rings. The largest absolute Gasteiger partial charge is 0.479 e. The molecule has 24 heavy (non-hydrogen) atoms. The van der Waals surface area contributed by atoms with Crippen molar-refractivity contribution >= 4 is 11.9 Å². The molecule has 0 saturated carbocycles. The molecule has 132 valence electrons. The van der Waals surface area contributed by atoms with E-state index in [2.05, 4.69) is 5.32 Å². The molecule has 2 N–H and O–H groups in total. The number of nitrogens with one attached hydrogen (secondary N) is 1. The van der Waals surface area contributed by atoms with E-state index in [0.29, 0.717) is 0 Å². The first-order chi connectivity index (χ1) is 11.4. The van der Waals surface area contributed by atoms with Gasteiger partial charge in [-0.2, -0.15) is 0 Å². The Morgan fingerprint density at radius 2 is 2.04 bits per heavy atom. The Morgan fingerprint density at radius 3 is 2.58 bits per heavy atom. The second kappa shape index (κ2) is 7.67. The van der Waals surface area contributed by atoms with E-state index >= 15 is 0 Å². The van der Waals surface area contributed by atoms with Crippen LogP contribution >= 0.6 is 0 Å². The minimum absolute atomic E-state index is 0.0778. The molecule has 0 aliphatic carbocycles. The smallest absolute Gasteiger partial charge is 0.334 e. The van der Waals surface area contributed by atoms with Crippen molar-refractivity contribution in [3.8, 4) is 0 Å². The maximum absolute atomic E-state index is 14.3. The zero-order valence-electron chi connectivity index (χ0n) is 13.2. The molecule has 0 bridgehead atoms. The summed E-state index contributed by atoms with van der Waals surface area (Å²) >= 11 is 0. The third kappa shape index (κ3) is 3.70. The van der Waals surface area contributed by atoms with Gasteiger partial charge in [0, 0.05) is 32.0 Å². The van der Waals surface area contributed by atoms with Crippen LogP contribution in [0.1, 0.15) is 18.4 Å². The molecule has 1 amide bonds. The Labute approximate surface area is 137 Å². The SMILES string of the molecule is COC(CNC(=O)C1(c2ccc(F)cc2F)CCOCC1)C(=O)O. The number of benzene rings is 1. The molecule has 1 aliphatic heterocycles. The molecular formula is C16H19F2NO5. The predicted molar refractivity (Wildman–Crippen MR) is 79.5 cm³/mol. The number of hydrogen-bond acceptors (Lipinski definition) is 4. The van der Waals surface area contributed by atoms with Crippen molar-refractivity contribution in [3.05, 3.63) is 35.4 Å². The minimum Gasteiger partial charge on any atom is -0.479 e. The van der Waals surface area contributed by atoms with Gasteiger partial charge in [0.2, 0.25) is 5.91 Å². The molecule has 6 nitrogen and oxygen atoms in total. The molecule has 1 atom stereocenters. The van der Waals surface area contributed by atoms with Crippen molar-refractivity contribution in [3.63, 3.8) is 0 Å². The van der Waals surface area contributed by atoms with Gasteiger partial charge >= 0.3 is 5.97 Å². The van der Waals surface area contributed by atoms with Gasteiger partial charge in [-0.25, -0.2) is 13.6 Å². The standard InChI is InChI=1S/C16H19F2NO5/c1-23-13(14(20)21)9-19-15(22)16(4-6-24-7-5-16)11-3-2-10(17)8-12(11)18/h2-3,8,13H,4-7,9H2,1H3,(H,19,22)(H,20,21). The van der Waals surface area contributed by atoms with Gasteiger partial charge in [-0.3, -0.25) is 4.79 Å². The summed E-state index contributed by atoms with van der Waals surface area (Å²) in [6.45, 7) is 0.240. The number of carboxylic acid groups (broad SMARTS) is 1. The van der Waals surface area contributed by atoms with E-state index < -0.39 is 35.0 Å². The molecule has 1 unspecified atom stereocenters. The number of amides is 1. The second-order valence-electron chi connectivity index (χ2n) is 5.59. The lowest BCUT2D eigenvalue weighted by atomic mass is 9.73. The molecule has 0 radical (unpaired) electrons. The first kappa shape index (κ1) is 18.3. The maximum atomic E-state index is 14.3. The number of rotatable bonds is 6. The molecule has 8 heteroatoms. The van der Waals surface area contributed by atoms with Gasteiger partial charge in [-0.15, -0.1) is 0 Å². The fourth-order valence-corrected chi connectivity index (χ4v) is 2.84. The lowest BCUT2D eigenvalue weighted by Crippen LogP contribution is -2.51. The van der Waals surface area contributed by atoms with Gasteiger partial charge < -0.3 is 19.9 Å². The Kier molecular flexibility index (Phi) is 5.84. The van der Waals surface area contributed by atoms with Crippen LogP contribution in [-0.4, -0.2) is 50.0 Å². The maximum Gasteiger partial charge on any atom is 0.334 e. The van der Waals surface area contributed by atoms with Crippen molar-refractivity contribution in [1.29, 1.82) is 0 Å². The lowest BCUT2D eigenvalue weighted by Gasteiger charge is -2.36. The normalized spacial score (nSPS) is 18.0. The van der Waals surface area contributed by atoms with Crippen LogP contribution in [0.4, 0.5) is 8.78 Å². The highest BCUT2D eigenvalue weighted by Crippen LogP contribution is 2.36. The van der Waals surface area contributed by atoms with E-state index in [1.54, 1.807) is 0 Å². The number of hydrogen-bond donors (Lipinski definition) is 2. The third-order valence-corrected chi connectivity index (χ3v) is 4.24. The number of ether oxygens (including phenoxy) is 2. The van der Waals surface area contributed by atoms with Gasteiger partial charge in [0.25, 0.3) is 0 Å². The van der Waals surface area contributed by atoms with Crippen molar-refractivity contribution in [2.24, 2.45) is 0 Å². The number of carbonyl (C=O) groups excluding carboxylic acids is 1. The van der Waals surface area contributed by atoms with Crippen molar-refractivity contribution < 1.29 is 33.0 Å². The van der Waals surface area contributed by atoms with E-state index in [1.807, 2.05) is 0 Å². The molecule has 0 spiro atoms. The molecule has 0 aromatic heterocycles. The van der Waals surface area contributed by atoms with Crippen molar-refractivity contribution in [2.75, 3.05) is 26.9 Å². The number of methoxy groups -OCH3 is 1. The molecule has 1 aromatic rings. The van der Waals surface area contributed by atoms with Gasteiger partial charge in [-0.1, -0.05) is 6.07 Å². The van der Waals surface area contributed by atoms with Gasteiger partial charge in [0.05, 0.1) is 12.0 Å². The molecule has 1 heterocycles. The highest BCUT2D eigenvalue weighted by molar-refractivity contribution is 5.89. The van der Waals surface area contributed by atoms with E-state index in [4.69, 9.17) is 14.6 Å². The average molecular weight is 343 g/mol. The fourth-order valence-electron chi connectivity index (χ4n) is 2.84. The Morgan fingerprint density at radius 1 is 1.38 bits per heavy atom. The molecule has 1 aromatic carbocycles. The summed E-state index contributed by atoms with van der Waals surface area (Å²) in [6.07, 6.45) is -0.776. The van der Waals surface area contributed by atoms with Gasteiger partial charge in [-0.05, 0) is 18.9 Å². The minimum atomic E-state index is -1.23. The van der Waals surface area contributed by atoms with Gasteiger partial charge in [0.15, 0.2) is 6.10 Å². The summed E-state index contributed by atoms with van der Waals surface area (Å²) in [5.74, 6) is -3.29. The monoisotopic (exact) mass is 343 g/mol. The quantitative estimate of drug-likeness (QED) is 0.812. The van der Waals surface area contributed by atoms with Crippen LogP contribution in [0, 0.1) is 11.6 Å². The van der Waals surface area contributed by atoms with E-state index in [9.17, 15) is 18.4 Å². The Balaban J connectivity index is 2.27. The van der Waals surface area contributed by atoms with Crippen LogP contribution in [0.3, 0.4) is 0 Å². The van der Waals surface area contributed by atoms with Crippen LogP contribution in [0.5, 0.6) is 0 Å².